The third-order valence-electron chi connectivity index (χ3n) is 4.28. The fourth-order valence-electron chi connectivity index (χ4n) is 2.65. The summed E-state index contributed by atoms with van der Waals surface area (Å²) in [7, 11) is 0. The molecule has 0 aliphatic carbocycles. The molecule has 0 bridgehead atoms. The first kappa shape index (κ1) is 24.4. The van der Waals surface area contributed by atoms with E-state index in [1.165, 1.54) is 5.56 Å². The molecule has 0 aliphatic heterocycles. The van der Waals surface area contributed by atoms with E-state index in [2.05, 4.69) is 20.3 Å². The van der Waals surface area contributed by atoms with Gasteiger partial charge in [0, 0.05) is 13.2 Å². The van der Waals surface area contributed by atoms with Gasteiger partial charge in [0.05, 0.1) is 12.3 Å². The molecule has 2 rings (SSSR count). The summed E-state index contributed by atoms with van der Waals surface area (Å²) >= 11 is 5.90. The van der Waals surface area contributed by atoms with Gasteiger partial charge in [0.25, 0.3) is 5.91 Å². The first-order chi connectivity index (χ1) is 14.9. The molecule has 0 aliphatic rings. The molecule has 0 saturated heterocycles. The Kier molecular flexibility index (Phi) is 9.99. The number of nitrogens with one attached hydrogen (secondary N) is 1. The Morgan fingerprint density at radius 3 is 2.65 bits per heavy atom. The maximum atomic E-state index is 12.2. The number of aryl methyl sites for hydroxylation is 2. The highest BCUT2D eigenvalue weighted by Crippen LogP contribution is 2.15. The number of nitrogens with two attached hydrogens (primary N) is 2. The number of aliphatic imine (C=N–C) groups is 1. The Balaban J connectivity index is 1.70. The summed E-state index contributed by atoms with van der Waals surface area (Å²) < 4.78 is 10.8. The van der Waals surface area contributed by atoms with Crippen molar-refractivity contribution in [1.82, 2.24) is 15.3 Å². The van der Waals surface area contributed by atoms with Crippen LogP contribution in [0.15, 0.2) is 29.3 Å². The Morgan fingerprint density at radius 2 is 1.94 bits per heavy atom. The summed E-state index contributed by atoms with van der Waals surface area (Å²) in [5.74, 6) is 0.211. The Morgan fingerprint density at radius 1 is 1.19 bits per heavy atom. The van der Waals surface area contributed by atoms with Crippen LogP contribution >= 0.6 is 11.6 Å². The highest BCUT2D eigenvalue weighted by molar-refractivity contribution is 6.30. The average Bonchev–Trinajstić information content (AvgIpc) is 2.74. The van der Waals surface area contributed by atoms with Gasteiger partial charge in [-0.1, -0.05) is 23.7 Å². The van der Waals surface area contributed by atoms with Crippen molar-refractivity contribution in [2.45, 2.75) is 33.1 Å². The van der Waals surface area contributed by atoms with Crippen LogP contribution in [0, 0.1) is 6.92 Å². The standard InChI is InChI=1S/C21H29ClN6O3/c1-3-30-12-13-31-16-9-7-15(8-10-16)6-4-5-11-25-21(24)28-20(29)17-19(23)26-14(2)18(22)27-17/h7-10H,3-6,11-13H2,1-2H3,(H2,23,26)(H3,24,25,28,29). The predicted molar refractivity (Wildman–Crippen MR) is 122 cm³/mol. The number of nitrogens with zero attached hydrogens (tertiary/aromatic N) is 3. The molecule has 0 unspecified atom stereocenters. The predicted octanol–water partition coefficient (Wildman–Crippen LogP) is 2.50. The van der Waals surface area contributed by atoms with E-state index >= 15 is 0 Å². The molecule has 1 amide bonds. The third kappa shape index (κ3) is 8.39. The lowest BCUT2D eigenvalue weighted by Gasteiger charge is -2.08. The van der Waals surface area contributed by atoms with Gasteiger partial charge in [-0.3, -0.25) is 15.1 Å². The summed E-state index contributed by atoms with van der Waals surface area (Å²) in [6, 6.07) is 8.01. The van der Waals surface area contributed by atoms with E-state index in [-0.39, 0.29) is 22.6 Å². The van der Waals surface area contributed by atoms with Crippen LogP contribution in [0.4, 0.5) is 5.82 Å². The largest absolute Gasteiger partial charge is 0.491 e. The number of amides is 1. The molecule has 1 heterocycles. The van der Waals surface area contributed by atoms with Gasteiger partial charge >= 0.3 is 0 Å². The molecule has 5 N–H and O–H groups in total. The maximum absolute atomic E-state index is 12.2. The van der Waals surface area contributed by atoms with Crippen LogP contribution in [0.3, 0.4) is 0 Å². The molecule has 9 nitrogen and oxygen atoms in total. The number of aromatic nitrogens is 2. The fourth-order valence-corrected chi connectivity index (χ4v) is 2.78. The number of hydrogen-bond donors (Lipinski definition) is 3. The number of rotatable bonds is 11. The summed E-state index contributed by atoms with van der Waals surface area (Å²) in [4.78, 5) is 24.3. The average molecular weight is 449 g/mol. The van der Waals surface area contributed by atoms with Crippen LogP contribution in [0.25, 0.3) is 0 Å². The van der Waals surface area contributed by atoms with E-state index in [0.29, 0.717) is 32.1 Å². The van der Waals surface area contributed by atoms with Crippen molar-refractivity contribution in [3.8, 4) is 5.75 Å². The van der Waals surface area contributed by atoms with E-state index < -0.39 is 5.91 Å². The summed E-state index contributed by atoms with van der Waals surface area (Å²) in [5.41, 5.74) is 13.1. The topological polar surface area (TPSA) is 138 Å². The van der Waals surface area contributed by atoms with Gasteiger partial charge in [0.2, 0.25) is 0 Å². The number of carbonyl (C=O) groups excluding carboxylic acids is 1. The van der Waals surface area contributed by atoms with Crippen LogP contribution in [0.5, 0.6) is 5.75 Å². The lowest BCUT2D eigenvalue weighted by atomic mass is 10.1. The SMILES string of the molecule is CCOCCOc1ccc(CCCCN=C(N)NC(=O)c2nc(Cl)c(C)nc2N)cc1. The zero-order valence-electron chi connectivity index (χ0n) is 17.9. The van der Waals surface area contributed by atoms with Gasteiger partial charge in [0.15, 0.2) is 22.6 Å². The fraction of sp³-hybridized carbons (Fsp3) is 0.429. The van der Waals surface area contributed by atoms with E-state index in [4.69, 9.17) is 32.5 Å². The zero-order valence-corrected chi connectivity index (χ0v) is 18.6. The van der Waals surface area contributed by atoms with Crippen LogP contribution in [0.1, 0.15) is 41.5 Å². The van der Waals surface area contributed by atoms with E-state index in [1.54, 1.807) is 6.92 Å². The number of benzene rings is 1. The van der Waals surface area contributed by atoms with Gasteiger partial charge in [-0.2, -0.15) is 0 Å². The van der Waals surface area contributed by atoms with Crippen LogP contribution in [0.2, 0.25) is 5.15 Å². The number of anilines is 1. The van der Waals surface area contributed by atoms with Gasteiger partial charge in [-0.15, -0.1) is 0 Å². The molecule has 168 valence electrons. The van der Waals surface area contributed by atoms with Gasteiger partial charge in [-0.05, 0) is 50.8 Å². The second-order valence-corrected chi connectivity index (χ2v) is 7.06. The minimum Gasteiger partial charge on any atom is -0.491 e. The monoisotopic (exact) mass is 448 g/mol. The van der Waals surface area contributed by atoms with Crippen molar-refractivity contribution in [1.29, 1.82) is 0 Å². The minimum absolute atomic E-state index is 0.00329. The van der Waals surface area contributed by atoms with Crippen molar-refractivity contribution < 1.29 is 14.3 Å². The first-order valence-electron chi connectivity index (χ1n) is 10.1. The Hall–Kier alpha value is -2.91. The molecule has 0 radical (unpaired) electrons. The van der Waals surface area contributed by atoms with Crippen molar-refractivity contribution in [3.63, 3.8) is 0 Å². The lowest BCUT2D eigenvalue weighted by molar-refractivity contribution is 0.0972. The molecule has 2 aromatic rings. The third-order valence-corrected chi connectivity index (χ3v) is 4.63. The van der Waals surface area contributed by atoms with Gasteiger partial charge in [-0.25, -0.2) is 9.97 Å². The lowest BCUT2D eigenvalue weighted by Crippen LogP contribution is -2.38. The van der Waals surface area contributed by atoms with Gasteiger partial charge < -0.3 is 20.9 Å². The highest BCUT2D eigenvalue weighted by atomic mass is 35.5. The second kappa shape index (κ2) is 12.7. The first-order valence-corrected chi connectivity index (χ1v) is 10.5. The molecule has 0 spiro atoms. The van der Waals surface area contributed by atoms with Crippen LogP contribution in [-0.2, 0) is 11.2 Å². The number of ether oxygens (including phenoxy) is 2. The van der Waals surface area contributed by atoms with E-state index in [9.17, 15) is 4.79 Å². The second-order valence-electron chi connectivity index (χ2n) is 6.70. The van der Waals surface area contributed by atoms with Crippen LogP contribution in [-0.4, -0.2) is 48.2 Å². The zero-order chi connectivity index (χ0) is 22.6. The maximum Gasteiger partial charge on any atom is 0.280 e. The molecular weight excluding hydrogens is 420 g/mol. The van der Waals surface area contributed by atoms with Crippen molar-refractivity contribution >= 4 is 29.3 Å². The Labute approximate surface area is 187 Å². The summed E-state index contributed by atoms with van der Waals surface area (Å²) in [6.07, 6.45) is 2.66. The number of halogens is 1. The van der Waals surface area contributed by atoms with E-state index in [0.717, 1.165) is 25.0 Å². The molecule has 31 heavy (non-hydrogen) atoms. The number of nitrogen functional groups attached to an aromatic ring is 1. The molecular formula is C21H29ClN6O3. The Bertz CT molecular complexity index is 889. The molecule has 1 aromatic carbocycles. The number of guanidine groups is 1. The highest BCUT2D eigenvalue weighted by Gasteiger charge is 2.16. The van der Waals surface area contributed by atoms with Crippen LogP contribution < -0.4 is 21.5 Å². The smallest absolute Gasteiger partial charge is 0.280 e. The quantitative estimate of drug-likeness (QED) is 0.272. The van der Waals surface area contributed by atoms with Gasteiger partial charge in [0.1, 0.15) is 12.4 Å². The minimum atomic E-state index is -0.600. The number of unbranched alkanes of at least 4 members (excludes halogenated alkanes) is 1. The molecule has 1 aromatic heterocycles. The normalized spacial score (nSPS) is 11.4. The number of carbonyl (C=O) groups is 1. The molecule has 10 heteroatoms. The summed E-state index contributed by atoms with van der Waals surface area (Å²) in [6.45, 7) is 5.91. The molecule has 0 saturated carbocycles. The molecule has 0 atom stereocenters. The van der Waals surface area contributed by atoms with Crippen molar-refractivity contribution in [2.75, 3.05) is 32.1 Å². The summed E-state index contributed by atoms with van der Waals surface area (Å²) in [5, 5.41) is 2.56. The van der Waals surface area contributed by atoms with Crippen molar-refractivity contribution in [3.05, 3.63) is 46.4 Å². The molecule has 0 fully saturated rings. The van der Waals surface area contributed by atoms with E-state index in [1.807, 2.05) is 31.2 Å². The van der Waals surface area contributed by atoms with Crippen molar-refractivity contribution in [2.24, 2.45) is 10.7 Å². The number of hydrogen-bond acceptors (Lipinski definition) is 7.